The SMILES string of the molecule is N#C[C@]1(N2CCOCC2)CN2CCC1CC2. The molecule has 4 aliphatic heterocycles. The Morgan fingerprint density at radius 3 is 2.31 bits per heavy atom. The number of nitriles is 1. The molecule has 0 unspecified atom stereocenters. The van der Waals surface area contributed by atoms with E-state index < -0.39 is 0 Å². The van der Waals surface area contributed by atoms with Crippen LogP contribution in [0.5, 0.6) is 0 Å². The number of nitrogens with zero attached hydrogens (tertiary/aromatic N) is 3. The minimum atomic E-state index is -0.208. The van der Waals surface area contributed by atoms with Crippen molar-refractivity contribution in [3.63, 3.8) is 0 Å². The van der Waals surface area contributed by atoms with E-state index in [1.54, 1.807) is 0 Å². The summed E-state index contributed by atoms with van der Waals surface area (Å²) >= 11 is 0. The molecule has 0 aromatic carbocycles. The third-order valence-electron chi connectivity index (χ3n) is 4.50. The third kappa shape index (κ3) is 1.46. The molecule has 0 spiro atoms. The van der Waals surface area contributed by atoms with Crippen LogP contribution in [0.3, 0.4) is 0 Å². The van der Waals surface area contributed by atoms with Crippen molar-refractivity contribution >= 4 is 0 Å². The van der Waals surface area contributed by atoms with Crippen LogP contribution in [-0.4, -0.2) is 61.3 Å². The number of fused-ring (bicyclic) bond motifs is 3. The second-order valence-corrected chi connectivity index (χ2v) is 5.19. The van der Waals surface area contributed by atoms with Crippen LogP contribution in [0.1, 0.15) is 12.8 Å². The lowest BCUT2D eigenvalue weighted by Gasteiger charge is -2.54. The Morgan fingerprint density at radius 1 is 1.12 bits per heavy atom. The maximum atomic E-state index is 9.66. The van der Waals surface area contributed by atoms with E-state index in [1.165, 1.54) is 25.9 Å². The Kier molecular flexibility index (Phi) is 2.62. The second-order valence-electron chi connectivity index (χ2n) is 5.19. The van der Waals surface area contributed by atoms with Gasteiger partial charge in [-0.1, -0.05) is 0 Å². The number of hydrogen-bond donors (Lipinski definition) is 0. The van der Waals surface area contributed by atoms with Gasteiger partial charge in [-0.05, 0) is 31.8 Å². The van der Waals surface area contributed by atoms with Crippen LogP contribution >= 0.6 is 0 Å². The molecule has 1 atom stereocenters. The summed E-state index contributed by atoms with van der Waals surface area (Å²) in [5, 5.41) is 9.66. The maximum absolute atomic E-state index is 9.66. The van der Waals surface area contributed by atoms with Gasteiger partial charge in [-0.2, -0.15) is 5.26 Å². The summed E-state index contributed by atoms with van der Waals surface area (Å²) in [6, 6.07) is 2.65. The van der Waals surface area contributed by atoms with E-state index in [9.17, 15) is 5.26 Å². The fourth-order valence-electron chi connectivity index (χ4n) is 3.56. The van der Waals surface area contributed by atoms with E-state index in [4.69, 9.17) is 4.74 Å². The first-order valence-corrected chi connectivity index (χ1v) is 6.31. The summed E-state index contributed by atoms with van der Waals surface area (Å²) in [5.74, 6) is 0.584. The van der Waals surface area contributed by atoms with Gasteiger partial charge in [0.1, 0.15) is 5.54 Å². The predicted octanol–water partition coefficient (Wildman–Crippen LogP) is 0.307. The molecule has 4 nitrogen and oxygen atoms in total. The molecule has 0 aliphatic carbocycles. The Labute approximate surface area is 96.8 Å². The average Bonchev–Trinajstić information content (AvgIpc) is 2.41. The highest BCUT2D eigenvalue weighted by Gasteiger charge is 2.51. The molecule has 0 aromatic heterocycles. The summed E-state index contributed by atoms with van der Waals surface area (Å²) in [7, 11) is 0. The molecular formula is C12H19N3O. The molecule has 0 aromatic rings. The zero-order valence-electron chi connectivity index (χ0n) is 9.69. The standard InChI is InChI=1S/C12H19N3O/c13-9-12(15-5-7-16-8-6-15)10-14-3-1-11(12)2-4-14/h11H,1-8,10H2/t12-/m0/s1. The van der Waals surface area contributed by atoms with Crippen molar-refractivity contribution in [1.82, 2.24) is 9.80 Å². The topological polar surface area (TPSA) is 39.5 Å². The van der Waals surface area contributed by atoms with Gasteiger partial charge in [-0.3, -0.25) is 4.90 Å². The van der Waals surface area contributed by atoms with Crippen LogP contribution in [0.25, 0.3) is 0 Å². The summed E-state index contributed by atoms with van der Waals surface area (Å²) in [6.45, 7) is 6.77. The molecule has 4 rings (SSSR count). The smallest absolute Gasteiger partial charge is 0.125 e. The van der Waals surface area contributed by atoms with Gasteiger partial charge < -0.3 is 9.64 Å². The van der Waals surface area contributed by atoms with Crippen molar-refractivity contribution in [2.24, 2.45) is 5.92 Å². The Morgan fingerprint density at radius 2 is 1.81 bits per heavy atom. The first-order valence-electron chi connectivity index (χ1n) is 6.31. The first-order chi connectivity index (χ1) is 7.85. The Hall–Kier alpha value is -0.630. The van der Waals surface area contributed by atoms with E-state index >= 15 is 0 Å². The molecule has 0 saturated carbocycles. The van der Waals surface area contributed by atoms with Gasteiger partial charge in [0.05, 0.1) is 19.3 Å². The largest absolute Gasteiger partial charge is 0.379 e. The molecular weight excluding hydrogens is 202 g/mol. The Bertz CT molecular complexity index is 300. The van der Waals surface area contributed by atoms with Crippen LogP contribution in [0.2, 0.25) is 0 Å². The zero-order chi connectivity index (χ0) is 11.0. The molecule has 2 bridgehead atoms. The first kappa shape index (κ1) is 10.5. The number of ether oxygens (including phenoxy) is 1. The van der Waals surface area contributed by atoms with Crippen molar-refractivity contribution in [2.75, 3.05) is 45.9 Å². The maximum Gasteiger partial charge on any atom is 0.125 e. The van der Waals surface area contributed by atoms with Crippen LogP contribution in [0, 0.1) is 17.2 Å². The van der Waals surface area contributed by atoms with E-state index in [0.717, 1.165) is 32.8 Å². The van der Waals surface area contributed by atoms with Crippen LogP contribution in [0.15, 0.2) is 0 Å². The highest BCUT2D eigenvalue weighted by Crippen LogP contribution is 2.39. The average molecular weight is 221 g/mol. The summed E-state index contributed by atoms with van der Waals surface area (Å²) in [4.78, 5) is 4.84. The molecule has 0 radical (unpaired) electrons. The van der Waals surface area contributed by atoms with Crippen LogP contribution < -0.4 is 0 Å². The summed E-state index contributed by atoms with van der Waals surface area (Å²) < 4.78 is 5.40. The fraction of sp³-hybridized carbons (Fsp3) is 0.917. The lowest BCUT2D eigenvalue weighted by molar-refractivity contribution is -0.0775. The Balaban J connectivity index is 1.85. The van der Waals surface area contributed by atoms with Gasteiger partial charge in [0.25, 0.3) is 0 Å². The molecule has 16 heavy (non-hydrogen) atoms. The molecule has 4 heteroatoms. The van der Waals surface area contributed by atoms with E-state index in [-0.39, 0.29) is 5.54 Å². The number of morpholine rings is 1. The molecule has 0 amide bonds. The van der Waals surface area contributed by atoms with Crippen LogP contribution in [-0.2, 0) is 4.74 Å². The van der Waals surface area contributed by atoms with E-state index in [2.05, 4.69) is 15.9 Å². The molecule has 88 valence electrons. The third-order valence-corrected chi connectivity index (χ3v) is 4.50. The molecule has 0 N–H and O–H groups in total. The lowest BCUT2D eigenvalue weighted by atomic mass is 9.72. The highest BCUT2D eigenvalue weighted by atomic mass is 16.5. The quantitative estimate of drug-likeness (QED) is 0.639. The molecule has 4 aliphatic rings. The fourth-order valence-corrected chi connectivity index (χ4v) is 3.56. The van der Waals surface area contributed by atoms with Gasteiger partial charge in [-0.15, -0.1) is 0 Å². The van der Waals surface area contributed by atoms with E-state index in [0.29, 0.717) is 5.92 Å². The molecule has 4 saturated heterocycles. The normalized spacial score (nSPS) is 44.2. The van der Waals surface area contributed by atoms with E-state index in [1.807, 2.05) is 0 Å². The van der Waals surface area contributed by atoms with Crippen LogP contribution in [0.4, 0.5) is 0 Å². The number of rotatable bonds is 1. The van der Waals surface area contributed by atoms with Gasteiger partial charge >= 0.3 is 0 Å². The van der Waals surface area contributed by atoms with Crippen molar-refractivity contribution in [3.05, 3.63) is 0 Å². The molecule has 4 heterocycles. The number of hydrogen-bond acceptors (Lipinski definition) is 4. The predicted molar refractivity (Wildman–Crippen MR) is 59.9 cm³/mol. The molecule has 4 fully saturated rings. The minimum absolute atomic E-state index is 0.208. The second kappa shape index (κ2) is 3.99. The van der Waals surface area contributed by atoms with Crippen molar-refractivity contribution in [2.45, 2.75) is 18.4 Å². The van der Waals surface area contributed by atoms with Gasteiger partial charge in [-0.25, -0.2) is 0 Å². The lowest BCUT2D eigenvalue weighted by Crippen LogP contribution is -2.67. The monoisotopic (exact) mass is 221 g/mol. The minimum Gasteiger partial charge on any atom is -0.379 e. The van der Waals surface area contributed by atoms with Crippen molar-refractivity contribution in [1.29, 1.82) is 5.26 Å². The summed E-state index contributed by atoms with van der Waals surface area (Å²) in [6.07, 6.45) is 2.40. The highest BCUT2D eigenvalue weighted by molar-refractivity contribution is 5.18. The van der Waals surface area contributed by atoms with Gasteiger partial charge in [0.15, 0.2) is 0 Å². The zero-order valence-corrected chi connectivity index (χ0v) is 9.69. The van der Waals surface area contributed by atoms with Crippen molar-refractivity contribution < 1.29 is 4.74 Å². The summed E-state index contributed by atoms with van der Waals surface area (Å²) in [5.41, 5.74) is -0.208. The van der Waals surface area contributed by atoms with Gasteiger partial charge in [0.2, 0.25) is 0 Å². The number of piperidine rings is 3. The van der Waals surface area contributed by atoms with Gasteiger partial charge in [0, 0.05) is 19.6 Å². The van der Waals surface area contributed by atoms with Crippen molar-refractivity contribution in [3.8, 4) is 6.07 Å².